The maximum Gasteiger partial charge on any atom is 0.234 e. The summed E-state index contributed by atoms with van der Waals surface area (Å²) in [6.07, 6.45) is 0. The molecule has 0 fully saturated rings. The van der Waals surface area contributed by atoms with Gasteiger partial charge in [-0.3, -0.25) is 4.79 Å². The van der Waals surface area contributed by atoms with Gasteiger partial charge < -0.3 is 10.4 Å². The van der Waals surface area contributed by atoms with Crippen LogP contribution in [-0.4, -0.2) is 28.6 Å². The third-order valence-corrected chi connectivity index (χ3v) is 3.99. The van der Waals surface area contributed by atoms with Crippen molar-refractivity contribution < 1.29 is 9.90 Å². The summed E-state index contributed by atoms with van der Waals surface area (Å²) in [6, 6.07) is 7.64. The summed E-state index contributed by atoms with van der Waals surface area (Å²) >= 11 is 3.63. The van der Waals surface area contributed by atoms with Crippen molar-refractivity contribution in [1.29, 1.82) is 0 Å². The monoisotopic (exact) mass is 351 g/mol. The highest BCUT2D eigenvalue weighted by Gasteiger charge is 2.07. The zero-order valence-electron chi connectivity index (χ0n) is 8.94. The second kappa shape index (κ2) is 7.13. The van der Waals surface area contributed by atoms with Crippen LogP contribution >= 0.6 is 34.4 Å². The average molecular weight is 351 g/mol. The number of aliphatic hydroxyl groups is 1. The van der Waals surface area contributed by atoms with Crippen molar-refractivity contribution >= 4 is 45.9 Å². The van der Waals surface area contributed by atoms with Gasteiger partial charge in [0.25, 0.3) is 0 Å². The number of hydrogen-bond acceptors (Lipinski definition) is 3. The molecule has 2 N–H and O–H groups in total. The molecule has 1 amide bonds. The van der Waals surface area contributed by atoms with E-state index in [9.17, 15) is 4.79 Å². The maximum atomic E-state index is 11.6. The number of amides is 1. The molecule has 0 aliphatic rings. The Bertz CT molecular complexity index is 360. The fourth-order valence-corrected chi connectivity index (χ4v) is 2.16. The SMILES string of the molecule is CC(CO)SCC(=O)Nc1ccccc1I. The third-order valence-electron chi connectivity index (χ3n) is 1.90. The smallest absolute Gasteiger partial charge is 0.234 e. The van der Waals surface area contributed by atoms with Gasteiger partial charge in [-0.25, -0.2) is 0 Å². The highest BCUT2D eigenvalue weighted by Crippen LogP contribution is 2.17. The third kappa shape index (κ3) is 4.71. The van der Waals surface area contributed by atoms with Gasteiger partial charge in [0.15, 0.2) is 0 Å². The molecule has 0 aliphatic heterocycles. The number of rotatable bonds is 5. The molecule has 0 spiro atoms. The van der Waals surface area contributed by atoms with Crippen LogP contribution in [0.5, 0.6) is 0 Å². The number of hydrogen-bond donors (Lipinski definition) is 2. The van der Waals surface area contributed by atoms with Crippen LogP contribution in [0.3, 0.4) is 0 Å². The molecular formula is C11H14INO2S. The Morgan fingerprint density at radius 3 is 2.88 bits per heavy atom. The lowest BCUT2D eigenvalue weighted by Crippen LogP contribution is -2.17. The molecule has 1 unspecified atom stereocenters. The Kier molecular flexibility index (Phi) is 6.15. The summed E-state index contributed by atoms with van der Waals surface area (Å²) < 4.78 is 1.02. The molecule has 3 nitrogen and oxygen atoms in total. The zero-order valence-corrected chi connectivity index (χ0v) is 11.9. The highest BCUT2D eigenvalue weighted by molar-refractivity contribution is 14.1. The van der Waals surface area contributed by atoms with Gasteiger partial charge in [0.2, 0.25) is 5.91 Å². The van der Waals surface area contributed by atoms with E-state index in [0.717, 1.165) is 9.26 Å². The summed E-state index contributed by atoms with van der Waals surface area (Å²) in [7, 11) is 0. The van der Waals surface area contributed by atoms with Crippen LogP contribution in [0.1, 0.15) is 6.92 Å². The Labute approximate surface area is 113 Å². The molecule has 0 aliphatic carbocycles. The quantitative estimate of drug-likeness (QED) is 0.801. The number of carbonyl (C=O) groups is 1. The first-order chi connectivity index (χ1) is 7.63. The fourth-order valence-electron chi connectivity index (χ4n) is 1.02. The lowest BCUT2D eigenvalue weighted by atomic mass is 10.3. The van der Waals surface area contributed by atoms with Crippen molar-refractivity contribution in [2.45, 2.75) is 12.2 Å². The minimum Gasteiger partial charge on any atom is -0.395 e. The summed E-state index contributed by atoms with van der Waals surface area (Å²) in [5.74, 6) is 0.335. The number of aliphatic hydroxyl groups excluding tert-OH is 1. The van der Waals surface area contributed by atoms with Gasteiger partial charge in [0, 0.05) is 8.82 Å². The number of para-hydroxylation sites is 1. The Hall–Kier alpha value is -0.270. The summed E-state index contributed by atoms with van der Waals surface area (Å²) in [4.78, 5) is 11.6. The first-order valence-corrected chi connectivity index (χ1v) is 7.03. The molecule has 0 saturated carbocycles. The second-order valence-corrected chi connectivity index (χ2v) is 5.92. The first kappa shape index (κ1) is 13.8. The van der Waals surface area contributed by atoms with Gasteiger partial charge in [0.1, 0.15) is 0 Å². The van der Waals surface area contributed by atoms with Crippen LogP contribution in [0.2, 0.25) is 0 Å². The topological polar surface area (TPSA) is 49.3 Å². The molecule has 0 aromatic heterocycles. The van der Waals surface area contributed by atoms with Crippen LogP contribution in [0.4, 0.5) is 5.69 Å². The predicted octanol–water partition coefficient (Wildman–Crippen LogP) is 2.34. The van der Waals surface area contributed by atoms with Gasteiger partial charge in [-0.05, 0) is 34.7 Å². The lowest BCUT2D eigenvalue weighted by Gasteiger charge is -2.09. The predicted molar refractivity (Wildman–Crippen MR) is 76.8 cm³/mol. The maximum absolute atomic E-state index is 11.6. The molecule has 0 saturated heterocycles. The molecule has 88 valence electrons. The van der Waals surface area contributed by atoms with E-state index in [1.807, 2.05) is 31.2 Å². The van der Waals surface area contributed by atoms with E-state index in [-0.39, 0.29) is 17.8 Å². The van der Waals surface area contributed by atoms with Gasteiger partial charge in [0.05, 0.1) is 18.0 Å². The van der Waals surface area contributed by atoms with E-state index >= 15 is 0 Å². The number of thioether (sulfide) groups is 1. The number of halogens is 1. The van der Waals surface area contributed by atoms with E-state index < -0.39 is 0 Å². The minimum atomic E-state index is -0.0329. The van der Waals surface area contributed by atoms with Crippen LogP contribution in [-0.2, 0) is 4.79 Å². The van der Waals surface area contributed by atoms with E-state index in [2.05, 4.69) is 27.9 Å². The van der Waals surface area contributed by atoms with Crippen molar-refractivity contribution in [3.05, 3.63) is 27.8 Å². The number of benzene rings is 1. The molecule has 1 rings (SSSR count). The minimum absolute atomic E-state index is 0.0329. The largest absolute Gasteiger partial charge is 0.395 e. The van der Waals surface area contributed by atoms with E-state index in [1.165, 1.54) is 11.8 Å². The Morgan fingerprint density at radius 2 is 2.25 bits per heavy atom. The molecule has 1 aromatic rings. The number of carbonyl (C=O) groups excluding carboxylic acids is 1. The Balaban J connectivity index is 2.43. The lowest BCUT2D eigenvalue weighted by molar-refractivity contribution is -0.113. The second-order valence-electron chi connectivity index (χ2n) is 3.33. The summed E-state index contributed by atoms with van der Waals surface area (Å²) in [5.41, 5.74) is 0.838. The molecule has 5 heteroatoms. The van der Waals surface area contributed by atoms with Gasteiger partial charge >= 0.3 is 0 Å². The highest BCUT2D eigenvalue weighted by atomic mass is 127. The van der Waals surface area contributed by atoms with E-state index in [0.29, 0.717) is 5.75 Å². The van der Waals surface area contributed by atoms with Crippen molar-refractivity contribution in [1.82, 2.24) is 0 Å². The molecule has 1 atom stereocenters. The van der Waals surface area contributed by atoms with Crippen molar-refractivity contribution in [3.63, 3.8) is 0 Å². The van der Waals surface area contributed by atoms with Crippen molar-refractivity contribution in [3.8, 4) is 0 Å². The number of anilines is 1. The van der Waals surface area contributed by atoms with E-state index in [4.69, 9.17) is 5.11 Å². The summed E-state index contributed by atoms with van der Waals surface area (Å²) in [6.45, 7) is 1.99. The number of nitrogens with one attached hydrogen (secondary N) is 1. The molecule has 16 heavy (non-hydrogen) atoms. The normalized spacial score (nSPS) is 12.2. The molecule has 1 aromatic carbocycles. The van der Waals surface area contributed by atoms with Crippen LogP contribution in [0.25, 0.3) is 0 Å². The van der Waals surface area contributed by atoms with Crippen LogP contribution in [0.15, 0.2) is 24.3 Å². The standard InChI is InChI=1S/C11H14INO2S/c1-8(6-14)16-7-11(15)13-10-5-3-2-4-9(10)12/h2-5,8,14H,6-7H2,1H3,(H,13,15). The molecular weight excluding hydrogens is 337 g/mol. The molecule has 0 heterocycles. The van der Waals surface area contributed by atoms with Crippen LogP contribution in [0, 0.1) is 3.57 Å². The van der Waals surface area contributed by atoms with Crippen LogP contribution < -0.4 is 5.32 Å². The first-order valence-electron chi connectivity index (χ1n) is 4.90. The average Bonchev–Trinajstić information content (AvgIpc) is 2.29. The molecule has 0 radical (unpaired) electrons. The Morgan fingerprint density at radius 1 is 1.56 bits per heavy atom. The zero-order chi connectivity index (χ0) is 12.0. The molecule has 0 bridgehead atoms. The summed E-state index contributed by atoms with van der Waals surface area (Å²) in [5, 5.41) is 11.8. The van der Waals surface area contributed by atoms with E-state index in [1.54, 1.807) is 0 Å². The van der Waals surface area contributed by atoms with Gasteiger partial charge in [-0.15, -0.1) is 11.8 Å². The fraction of sp³-hybridized carbons (Fsp3) is 0.364. The van der Waals surface area contributed by atoms with Gasteiger partial charge in [-0.1, -0.05) is 19.1 Å². The van der Waals surface area contributed by atoms with Gasteiger partial charge in [-0.2, -0.15) is 0 Å². The van der Waals surface area contributed by atoms with Crippen molar-refractivity contribution in [2.75, 3.05) is 17.7 Å². The van der Waals surface area contributed by atoms with Crippen molar-refractivity contribution in [2.24, 2.45) is 0 Å².